The minimum absolute atomic E-state index is 0.0523. The maximum Gasteiger partial charge on any atom is 0.338 e. The molecule has 15 heteroatoms. The summed E-state index contributed by atoms with van der Waals surface area (Å²) in [5.41, 5.74) is -0.399. The summed E-state index contributed by atoms with van der Waals surface area (Å²) in [6.07, 6.45) is 26.4. The van der Waals surface area contributed by atoms with Crippen LogP contribution in [0.3, 0.4) is 0 Å². The highest BCUT2D eigenvalue weighted by molar-refractivity contribution is 7.99. The van der Waals surface area contributed by atoms with Crippen molar-refractivity contribution < 1.29 is 57.2 Å². The normalized spacial score (nSPS) is 17.6. The largest absolute Gasteiger partial charge is 0.463 e. The standard InChI is InChI=1S/C78H117NO12SSi/c1-8-10-12-14-16-18-20-22-23-24-26-28-30-32-46-56-70(81)79-67(59-87-93(78(5,6)7,65-51-41-35-42-52-65)66-53-43-36-44-54-66)75(88-62(4)80)68(55-45-31-29-27-25-21-19-17-15-13-11-9-2)89-72(83)58-57-71(82)86-60-69-73(84)61(3)74(91-76(85)63-47-37-33-38-48-63)77(90-69)92-64-49-39-34-40-50-64/h33-44,47-54,61,67-69,73-75,77,84H,8-32,45-46,55-60H2,1-7H3,(H,79,81)/t61-,67-,68+,69?,73+,74?,75-,77-/m0/s1. The van der Waals surface area contributed by atoms with Crippen molar-refractivity contribution >= 4 is 60.2 Å². The molecule has 0 radical (unpaired) electrons. The molecule has 1 aliphatic heterocycles. The lowest BCUT2D eigenvalue weighted by Gasteiger charge is -2.44. The van der Waals surface area contributed by atoms with Crippen LogP contribution in [0.5, 0.6) is 0 Å². The van der Waals surface area contributed by atoms with Crippen LogP contribution in [-0.2, 0) is 47.3 Å². The summed E-state index contributed by atoms with van der Waals surface area (Å²) in [6, 6.07) is 37.7. The van der Waals surface area contributed by atoms with Crippen molar-refractivity contribution in [2.45, 2.75) is 299 Å². The molecule has 2 N–H and O–H groups in total. The molecular formula is C78H117NO12SSi. The van der Waals surface area contributed by atoms with Gasteiger partial charge in [-0.1, -0.05) is 311 Å². The van der Waals surface area contributed by atoms with E-state index in [2.05, 4.69) is 64.2 Å². The van der Waals surface area contributed by atoms with Gasteiger partial charge in [0, 0.05) is 24.2 Å². The van der Waals surface area contributed by atoms with Crippen molar-refractivity contribution in [1.82, 2.24) is 5.32 Å². The fourth-order valence-electron chi connectivity index (χ4n) is 12.8. The van der Waals surface area contributed by atoms with Crippen LogP contribution in [0.1, 0.15) is 258 Å². The van der Waals surface area contributed by atoms with Gasteiger partial charge in [0.25, 0.3) is 8.32 Å². The van der Waals surface area contributed by atoms with Crippen molar-refractivity contribution in [1.29, 1.82) is 0 Å². The molecular weight excluding hydrogens is 1200 g/mol. The Kier molecular flexibility index (Phi) is 38.1. The number of amides is 1. The highest BCUT2D eigenvalue weighted by Crippen LogP contribution is 2.39. The van der Waals surface area contributed by atoms with Crippen LogP contribution in [0.4, 0.5) is 0 Å². The average Bonchev–Trinajstić information content (AvgIpc) is 0.759. The highest BCUT2D eigenvalue weighted by atomic mass is 32.2. The van der Waals surface area contributed by atoms with Gasteiger partial charge in [0.2, 0.25) is 5.91 Å². The summed E-state index contributed by atoms with van der Waals surface area (Å²) in [5, 5.41) is 16.6. The Balaban J connectivity index is 1.33. The van der Waals surface area contributed by atoms with Crippen molar-refractivity contribution in [2.24, 2.45) is 5.92 Å². The summed E-state index contributed by atoms with van der Waals surface area (Å²) in [6.45, 7) is 13.8. The zero-order valence-corrected chi connectivity index (χ0v) is 59.7. The fourth-order valence-corrected chi connectivity index (χ4v) is 18.6. The van der Waals surface area contributed by atoms with Crippen LogP contribution >= 0.6 is 11.8 Å². The van der Waals surface area contributed by atoms with Crippen molar-refractivity contribution in [2.75, 3.05) is 13.2 Å². The van der Waals surface area contributed by atoms with Gasteiger partial charge in [-0.3, -0.25) is 19.2 Å². The number of esters is 4. The number of ether oxygens (including phenoxy) is 5. The predicted octanol–water partition coefficient (Wildman–Crippen LogP) is 17.3. The molecule has 4 aromatic carbocycles. The van der Waals surface area contributed by atoms with Gasteiger partial charge in [0.05, 0.1) is 37.2 Å². The Hall–Kier alpha value is -5.32. The minimum Gasteiger partial charge on any atom is -0.463 e. The van der Waals surface area contributed by atoms with Gasteiger partial charge in [-0.05, 0) is 58.9 Å². The number of thioether (sulfide) groups is 1. The molecule has 4 aromatic rings. The highest BCUT2D eigenvalue weighted by Gasteiger charge is 2.52. The third kappa shape index (κ3) is 28.9. The number of unbranched alkanes of at least 4 members (excludes halogenated alkanes) is 25. The third-order valence-electron chi connectivity index (χ3n) is 18.1. The van der Waals surface area contributed by atoms with Gasteiger partial charge in [0.1, 0.15) is 30.4 Å². The maximum absolute atomic E-state index is 14.5. The predicted molar refractivity (Wildman–Crippen MR) is 378 cm³/mol. The van der Waals surface area contributed by atoms with Crippen LogP contribution in [0.2, 0.25) is 5.04 Å². The summed E-state index contributed by atoms with van der Waals surface area (Å²) in [4.78, 5) is 70.2. The summed E-state index contributed by atoms with van der Waals surface area (Å²) >= 11 is 1.34. The molecule has 516 valence electrons. The second-order valence-corrected chi connectivity index (χ2v) is 32.3. The first kappa shape index (κ1) is 78.4. The van der Waals surface area contributed by atoms with E-state index in [0.29, 0.717) is 24.8 Å². The number of aliphatic hydroxyl groups is 1. The van der Waals surface area contributed by atoms with E-state index in [0.717, 1.165) is 60.2 Å². The number of rotatable bonds is 48. The molecule has 5 rings (SSSR count). The molecule has 0 bridgehead atoms. The van der Waals surface area contributed by atoms with Crippen molar-refractivity contribution in [3.8, 4) is 0 Å². The molecule has 0 spiro atoms. The van der Waals surface area contributed by atoms with E-state index in [1.165, 1.54) is 134 Å². The molecule has 1 amide bonds. The van der Waals surface area contributed by atoms with E-state index in [-0.39, 0.29) is 38.4 Å². The second kappa shape index (κ2) is 45.2. The number of hydrogen-bond donors (Lipinski definition) is 2. The molecule has 93 heavy (non-hydrogen) atoms. The number of nitrogens with one attached hydrogen (secondary N) is 1. The molecule has 1 saturated heterocycles. The summed E-state index contributed by atoms with van der Waals surface area (Å²) in [5.74, 6) is -3.38. The van der Waals surface area contributed by atoms with Gasteiger partial charge in [-0.25, -0.2) is 4.79 Å². The Morgan fingerprint density at radius 2 is 1.01 bits per heavy atom. The molecule has 0 aromatic heterocycles. The number of hydrogen-bond acceptors (Lipinski definition) is 13. The number of carbonyl (C=O) groups excluding carboxylic acids is 5. The van der Waals surface area contributed by atoms with Crippen LogP contribution in [0.25, 0.3) is 0 Å². The number of carbonyl (C=O) groups is 5. The summed E-state index contributed by atoms with van der Waals surface area (Å²) < 4.78 is 38.5. The molecule has 1 fully saturated rings. The Labute approximate surface area is 565 Å². The second-order valence-electron chi connectivity index (χ2n) is 26.9. The molecule has 0 aliphatic carbocycles. The van der Waals surface area contributed by atoms with Crippen molar-refractivity contribution in [3.05, 3.63) is 127 Å². The Bertz CT molecular complexity index is 2620. The fraction of sp³-hybridized carbons (Fsp3) is 0.628. The molecule has 2 unspecified atom stereocenters. The topological polar surface area (TPSA) is 173 Å². The lowest BCUT2D eigenvalue weighted by molar-refractivity contribution is -0.188. The minimum atomic E-state index is -3.23. The number of aliphatic hydroxyl groups excluding tert-OH is 1. The first-order valence-corrected chi connectivity index (χ1v) is 38.7. The van der Waals surface area contributed by atoms with Gasteiger partial charge in [-0.2, -0.15) is 0 Å². The zero-order chi connectivity index (χ0) is 66.9. The summed E-state index contributed by atoms with van der Waals surface area (Å²) in [7, 11) is -3.23. The van der Waals surface area contributed by atoms with Crippen LogP contribution in [0.15, 0.2) is 126 Å². The monoisotopic (exact) mass is 1320 g/mol. The number of benzene rings is 4. The molecule has 0 saturated carbocycles. The first-order valence-electron chi connectivity index (χ1n) is 36.0. The third-order valence-corrected chi connectivity index (χ3v) is 24.3. The van der Waals surface area contributed by atoms with Crippen LogP contribution in [0, 0.1) is 5.92 Å². The van der Waals surface area contributed by atoms with E-state index in [9.17, 15) is 29.1 Å². The maximum atomic E-state index is 14.5. The van der Waals surface area contributed by atoms with E-state index in [4.69, 9.17) is 28.1 Å². The first-order chi connectivity index (χ1) is 45.1. The lowest BCUT2D eigenvalue weighted by atomic mass is 9.91. The van der Waals surface area contributed by atoms with E-state index < -0.39 is 85.1 Å². The smallest absolute Gasteiger partial charge is 0.338 e. The SMILES string of the molecule is CCCCCCCCCCCCCCCCCC(=O)N[C@@H](CO[Si](c1ccccc1)(c1ccccc1)C(C)(C)C)[C@H](OC(C)=O)[C@@H](CCCCCCCCCCCCCC)OC(=O)CCC(=O)OCC1O[C@@H](Sc2ccccc2)C(OC(=O)c2ccccc2)[C@@H](C)[C@H]1O. The lowest BCUT2D eigenvalue weighted by Crippen LogP contribution is -2.68. The van der Waals surface area contributed by atoms with Gasteiger partial charge in [0.15, 0.2) is 6.10 Å². The van der Waals surface area contributed by atoms with Gasteiger partial charge < -0.3 is 38.5 Å². The van der Waals surface area contributed by atoms with Gasteiger partial charge >= 0.3 is 23.9 Å². The quantitative estimate of drug-likeness (QED) is 0.0185. The zero-order valence-electron chi connectivity index (χ0n) is 57.8. The van der Waals surface area contributed by atoms with Crippen molar-refractivity contribution in [3.63, 3.8) is 0 Å². The Morgan fingerprint density at radius 3 is 1.48 bits per heavy atom. The van der Waals surface area contributed by atoms with Gasteiger partial charge in [-0.15, -0.1) is 0 Å². The van der Waals surface area contributed by atoms with E-state index in [1.54, 1.807) is 31.2 Å². The van der Waals surface area contributed by atoms with E-state index in [1.807, 2.05) is 72.8 Å². The van der Waals surface area contributed by atoms with E-state index >= 15 is 0 Å². The molecule has 8 atom stereocenters. The molecule has 13 nitrogen and oxygen atoms in total. The molecule has 1 heterocycles. The van der Waals surface area contributed by atoms with Crippen LogP contribution < -0.4 is 15.7 Å². The average molecular weight is 1320 g/mol. The Morgan fingerprint density at radius 1 is 0.570 bits per heavy atom. The molecule has 1 aliphatic rings. The van der Waals surface area contributed by atoms with Crippen LogP contribution in [-0.4, -0.2) is 98.4 Å².